The van der Waals surface area contributed by atoms with E-state index in [0.717, 1.165) is 6.42 Å². The molecule has 1 aliphatic heterocycles. The SMILES string of the molecule is CCc1ccc(N2CCCCC2)cc1C. The summed E-state index contributed by atoms with van der Waals surface area (Å²) in [5.41, 5.74) is 4.35. The average Bonchev–Trinajstić information content (AvgIpc) is 2.30. The van der Waals surface area contributed by atoms with Gasteiger partial charge < -0.3 is 4.90 Å². The Labute approximate surface area is 93.1 Å². The highest BCUT2D eigenvalue weighted by molar-refractivity contribution is 5.51. The normalized spacial score (nSPS) is 16.8. The molecule has 0 atom stereocenters. The Morgan fingerprint density at radius 1 is 1.13 bits per heavy atom. The van der Waals surface area contributed by atoms with Crippen molar-refractivity contribution in [3.05, 3.63) is 29.3 Å². The molecule has 1 aliphatic rings. The molecule has 0 aliphatic carbocycles. The molecule has 1 aromatic rings. The van der Waals surface area contributed by atoms with Gasteiger partial charge in [-0.2, -0.15) is 0 Å². The average molecular weight is 203 g/mol. The fraction of sp³-hybridized carbons (Fsp3) is 0.571. The molecule has 1 aromatic carbocycles. The predicted molar refractivity (Wildman–Crippen MR) is 66.6 cm³/mol. The first kappa shape index (κ1) is 10.5. The van der Waals surface area contributed by atoms with Gasteiger partial charge in [0.25, 0.3) is 0 Å². The molecule has 0 aromatic heterocycles. The second-order valence-electron chi connectivity index (χ2n) is 4.51. The van der Waals surface area contributed by atoms with E-state index in [1.54, 1.807) is 0 Å². The molecule has 0 radical (unpaired) electrons. The summed E-state index contributed by atoms with van der Waals surface area (Å²) in [6.45, 7) is 6.94. The van der Waals surface area contributed by atoms with Gasteiger partial charge in [0.2, 0.25) is 0 Å². The molecule has 0 spiro atoms. The Bertz CT molecular complexity index is 324. The van der Waals surface area contributed by atoms with Gasteiger partial charge in [0.05, 0.1) is 0 Å². The molecular weight excluding hydrogens is 182 g/mol. The zero-order valence-electron chi connectivity index (χ0n) is 9.92. The number of hydrogen-bond acceptors (Lipinski definition) is 1. The van der Waals surface area contributed by atoms with E-state index in [4.69, 9.17) is 0 Å². The van der Waals surface area contributed by atoms with E-state index in [1.807, 2.05) is 0 Å². The van der Waals surface area contributed by atoms with Gasteiger partial charge >= 0.3 is 0 Å². The Hall–Kier alpha value is -0.980. The van der Waals surface area contributed by atoms with E-state index in [0.29, 0.717) is 0 Å². The number of hydrogen-bond donors (Lipinski definition) is 0. The second-order valence-corrected chi connectivity index (χ2v) is 4.51. The van der Waals surface area contributed by atoms with Gasteiger partial charge in [-0.3, -0.25) is 0 Å². The third kappa shape index (κ3) is 2.34. The van der Waals surface area contributed by atoms with E-state index in [-0.39, 0.29) is 0 Å². The number of anilines is 1. The Morgan fingerprint density at radius 3 is 2.47 bits per heavy atom. The number of nitrogens with zero attached hydrogens (tertiary/aromatic N) is 1. The van der Waals surface area contributed by atoms with Crippen LogP contribution in [0.2, 0.25) is 0 Å². The molecule has 2 rings (SSSR count). The van der Waals surface area contributed by atoms with Crippen molar-refractivity contribution in [3.63, 3.8) is 0 Å². The van der Waals surface area contributed by atoms with Crippen LogP contribution >= 0.6 is 0 Å². The largest absolute Gasteiger partial charge is 0.372 e. The molecular formula is C14H21N. The summed E-state index contributed by atoms with van der Waals surface area (Å²) in [6, 6.07) is 6.93. The first-order chi connectivity index (χ1) is 7.31. The van der Waals surface area contributed by atoms with Crippen molar-refractivity contribution in [1.29, 1.82) is 0 Å². The summed E-state index contributed by atoms with van der Waals surface area (Å²) in [7, 11) is 0. The number of aryl methyl sites for hydroxylation is 2. The number of benzene rings is 1. The number of rotatable bonds is 2. The standard InChI is InChI=1S/C14H21N/c1-3-13-7-8-14(11-12(13)2)15-9-5-4-6-10-15/h7-8,11H,3-6,9-10H2,1-2H3. The van der Waals surface area contributed by atoms with Crippen LogP contribution in [0.4, 0.5) is 5.69 Å². The molecule has 0 amide bonds. The van der Waals surface area contributed by atoms with Crippen LogP contribution in [-0.4, -0.2) is 13.1 Å². The van der Waals surface area contributed by atoms with Crippen molar-refractivity contribution in [3.8, 4) is 0 Å². The van der Waals surface area contributed by atoms with Gasteiger partial charge in [-0.05, 0) is 55.9 Å². The van der Waals surface area contributed by atoms with Crippen LogP contribution in [0.25, 0.3) is 0 Å². The van der Waals surface area contributed by atoms with Crippen LogP contribution in [0.15, 0.2) is 18.2 Å². The van der Waals surface area contributed by atoms with Crippen LogP contribution in [0, 0.1) is 6.92 Å². The zero-order chi connectivity index (χ0) is 10.7. The minimum Gasteiger partial charge on any atom is -0.372 e. The van der Waals surface area contributed by atoms with Crippen molar-refractivity contribution in [2.75, 3.05) is 18.0 Å². The monoisotopic (exact) mass is 203 g/mol. The minimum atomic E-state index is 1.14. The number of piperidine rings is 1. The van der Waals surface area contributed by atoms with E-state index >= 15 is 0 Å². The summed E-state index contributed by atoms with van der Waals surface area (Å²) >= 11 is 0. The molecule has 0 saturated carbocycles. The first-order valence-electron chi connectivity index (χ1n) is 6.15. The highest BCUT2D eigenvalue weighted by atomic mass is 15.1. The van der Waals surface area contributed by atoms with Gasteiger partial charge in [-0.25, -0.2) is 0 Å². The molecule has 0 unspecified atom stereocenters. The molecule has 0 bridgehead atoms. The molecule has 1 fully saturated rings. The van der Waals surface area contributed by atoms with Crippen LogP contribution in [0.5, 0.6) is 0 Å². The fourth-order valence-corrected chi connectivity index (χ4v) is 2.43. The molecule has 1 heterocycles. The minimum absolute atomic E-state index is 1.14. The molecule has 1 saturated heterocycles. The maximum Gasteiger partial charge on any atom is 0.0369 e. The topological polar surface area (TPSA) is 3.24 Å². The Morgan fingerprint density at radius 2 is 1.87 bits per heavy atom. The Balaban J connectivity index is 2.17. The van der Waals surface area contributed by atoms with Crippen molar-refractivity contribution in [2.45, 2.75) is 39.5 Å². The van der Waals surface area contributed by atoms with Crippen LogP contribution in [-0.2, 0) is 6.42 Å². The van der Waals surface area contributed by atoms with E-state index in [9.17, 15) is 0 Å². The predicted octanol–water partition coefficient (Wildman–Crippen LogP) is 3.55. The van der Waals surface area contributed by atoms with Crippen LogP contribution in [0.1, 0.15) is 37.3 Å². The molecule has 82 valence electrons. The molecule has 1 nitrogen and oxygen atoms in total. The summed E-state index contributed by atoms with van der Waals surface area (Å²) < 4.78 is 0. The lowest BCUT2D eigenvalue weighted by Crippen LogP contribution is -2.29. The lowest BCUT2D eigenvalue weighted by atomic mass is 10.0. The van der Waals surface area contributed by atoms with Gasteiger partial charge in [-0.15, -0.1) is 0 Å². The van der Waals surface area contributed by atoms with Gasteiger partial charge in [-0.1, -0.05) is 13.0 Å². The van der Waals surface area contributed by atoms with Crippen molar-refractivity contribution in [1.82, 2.24) is 0 Å². The maximum atomic E-state index is 2.52. The third-order valence-corrected chi connectivity index (χ3v) is 3.43. The fourth-order valence-electron chi connectivity index (χ4n) is 2.43. The quantitative estimate of drug-likeness (QED) is 0.710. The van der Waals surface area contributed by atoms with Crippen LogP contribution < -0.4 is 4.90 Å². The van der Waals surface area contributed by atoms with E-state index in [2.05, 4.69) is 36.9 Å². The van der Waals surface area contributed by atoms with Gasteiger partial charge in [0, 0.05) is 18.8 Å². The summed E-state index contributed by atoms with van der Waals surface area (Å²) in [5.74, 6) is 0. The maximum absolute atomic E-state index is 2.52. The van der Waals surface area contributed by atoms with Gasteiger partial charge in [0.15, 0.2) is 0 Å². The zero-order valence-corrected chi connectivity index (χ0v) is 9.92. The van der Waals surface area contributed by atoms with Crippen molar-refractivity contribution in [2.24, 2.45) is 0 Å². The molecule has 15 heavy (non-hydrogen) atoms. The second kappa shape index (κ2) is 4.69. The summed E-state index contributed by atoms with van der Waals surface area (Å²) in [5, 5.41) is 0. The lowest BCUT2D eigenvalue weighted by molar-refractivity contribution is 0.577. The third-order valence-electron chi connectivity index (χ3n) is 3.43. The molecule has 1 heteroatoms. The van der Waals surface area contributed by atoms with Crippen LogP contribution in [0.3, 0.4) is 0 Å². The Kier molecular flexibility index (Phi) is 3.30. The summed E-state index contributed by atoms with van der Waals surface area (Å²) in [4.78, 5) is 2.52. The highest BCUT2D eigenvalue weighted by Crippen LogP contribution is 2.22. The first-order valence-corrected chi connectivity index (χ1v) is 6.15. The molecule has 0 N–H and O–H groups in total. The van der Waals surface area contributed by atoms with E-state index < -0.39 is 0 Å². The summed E-state index contributed by atoms with van der Waals surface area (Å²) in [6.07, 6.45) is 5.26. The lowest BCUT2D eigenvalue weighted by Gasteiger charge is -2.29. The highest BCUT2D eigenvalue weighted by Gasteiger charge is 2.11. The van der Waals surface area contributed by atoms with Gasteiger partial charge in [0.1, 0.15) is 0 Å². The smallest absolute Gasteiger partial charge is 0.0369 e. The van der Waals surface area contributed by atoms with Crippen molar-refractivity contribution < 1.29 is 0 Å². The van der Waals surface area contributed by atoms with E-state index in [1.165, 1.54) is 49.2 Å². The van der Waals surface area contributed by atoms with Crippen molar-refractivity contribution >= 4 is 5.69 Å².